The Balaban J connectivity index is 2.24. The first kappa shape index (κ1) is 9.15. The summed E-state index contributed by atoms with van der Waals surface area (Å²) in [5.41, 5.74) is 2.88. The van der Waals surface area contributed by atoms with Gasteiger partial charge in [0, 0.05) is 25.2 Å². The Morgan fingerprint density at radius 2 is 2.43 bits per heavy atom. The van der Waals surface area contributed by atoms with Crippen molar-refractivity contribution in [3.05, 3.63) is 29.1 Å². The SMILES string of the molecule is O=C(O)Cc1ccc2c(n1)CCNC2. The highest BCUT2D eigenvalue weighted by molar-refractivity contribution is 5.69. The maximum atomic E-state index is 10.5. The van der Waals surface area contributed by atoms with E-state index >= 15 is 0 Å². The quantitative estimate of drug-likeness (QED) is 0.710. The minimum absolute atomic E-state index is 0.0146. The Labute approximate surface area is 82.0 Å². The molecule has 0 saturated heterocycles. The molecular weight excluding hydrogens is 180 g/mol. The van der Waals surface area contributed by atoms with Gasteiger partial charge in [-0.25, -0.2) is 0 Å². The van der Waals surface area contributed by atoms with Crippen molar-refractivity contribution >= 4 is 5.97 Å². The van der Waals surface area contributed by atoms with Gasteiger partial charge in [-0.3, -0.25) is 9.78 Å². The summed E-state index contributed by atoms with van der Waals surface area (Å²) in [6, 6.07) is 3.76. The van der Waals surface area contributed by atoms with Crippen molar-refractivity contribution in [3.8, 4) is 0 Å². The third-order valence-electron chi connectivity index (χ3n) is 2.31. The predicted octanol–water partition coefficient (Wildman–Crippen LogP) is 0.354. The van der Waals surface area contributed by atoms with Crippen LogP contribution in [-0.2, 0) is 24.2 Å². The third kappa shape index (κ3) is 1.90. The molecule has 2 heterocycles. The smallest absolute Gasteiger partial charge is 0.309 e. The molecule has 1 aliphatic heterocycles. The second-order valence-electron chi connectivity index (χ2n) is 3.41. The van der Waals surface area contributed by atoms with E-state index in [1.165, 1.54) is 5.56 Å². The summed E-state index contributed by atoms with van der Waals surface area (Å²) in [5, 5.41) is 11.9. The van der Waals surface area contributed by atoms with Gasteiger partial charge in [0.2, 0.25) is 0 Å². The lowest BCUT2D eigenvalue weighted by atomic mass is 10.1. The van der Waals surface area contributed by atoms with Crippen LogP contribution in [0.25, 0.3) is 0 Å². The second-order valence-corrected chi connectivity index (χ2v) is 3.41. The Hall–Kier alpha value is -1.42. The first-order valence-electron chi connectivity index (χ1n) is 4.66. The fraction of sp³-hybridized carbons (Fsp3) is 0.400. The summed E-state index contributed by atoms with van der Waals surface area (Å²) in [7, 11) is 0. The molecule has 0 unspecified atom stereocenters. The highest BCUT2D eigenvalue weighted by Crippen LogP contribution is 2.12. The van der Waals surface area contributed by atoms with E-state index in [1.807, 2.05) is 6.07 Å². The van der Waals surface area contributed by atoms with Crippen LogP contribution in [0.4, 0.5) is 0 Å². The third-order valence-corrected chi connectivity index (χ3v) is 2.31. The summed E-state index contributed by atoms with van der Waals surface area (Å²) in [6.45, 7) is 1.77. The van der Waals surface area contributed by atoms with E-state index in [4.69, 9.17) is 5.11 Å². The van der Waals surface area contributed by atoms with Crippen LogP contribution in [0.1, 0.15) is 17.0 Å². The molecule has 0 spiro atoms. The lowest BCUT2D eigenvalue weighted by Crippen LogP contribution is -2.25. The van der Waals surface area contributed by atoms with Crippen LogP contribution >= 0.6 is 0 Å². The van der Waals surface area contributed by atoms with E-state index in [0.717, 1.165) is 25.2 Å². The minimum Gasteiger partial charge on any atom is -0.481 e. The van der Waals surface area contributed by atoms with Crippen molar-refractivity contribution in [3.63, 3.8) is 0 Å². The van der Waals surface area contributed by atoms with Crippen molar-refractivity contribution in [2.45, 2.75) is 19.4 Å². The average molecular weight is 192 g/mol. The van der Waals surface area contributed by atoms with Gasteiger partial charge in [-0.2, -0.15) is 0 Å². The van der Waals surface area contributed by atoms with Gasteiger partial charge in [-0.15, -0.1) is 0 Å². The zero-order chi connectivity index (χ0) is 9.97. The minimum atomic E-state index is -0.827. The van der Waals surface area contributed by atoms with E-state index < -0.39 is 5.97 Å². The molecule has 0 bridgehead atoms. The number of nitrogens with zero attached hydrogens (tertiary/aromatic N) is 1. The molecule has 2 N–H and O–H groups in total. The molecule has 0 radical (unpaired) electrons. The molecule has 1 aromatic rings. The predicted molar refractivity (Wildman–Crippen MR) is 51.0 cm³/mol. The fourth-order valence-corrected chi connectivity index (χ4v) is 1.64. The Kier molecular flexibility index (Phi) is 2.45. The zero-order valence-corrected chi connectivity index (χ0v) is 7.79. The number of carboxylic acid groups (broad SMARTS) is 1. The normalized spacial score (nSPS) is 14.9. The molecule has 0 amide bonds. The summed E-state index contributed by atoms with van der Waals surface area (Å²) in [4.78, 5) is 14.8. The average Bonchev–Trinajstić information content (AvgIpc) is 2.17. The van der Waals surface area contributed by atoms with E-state index in [0.29, 0.717) is 5.69 Å². The first-order chi connectivity index (χ1) is 6.75. The van der Waals surface area contributed by atoms with Crippen molar-refractivity contribution in [2.75, 3.05) is 6.54 Å². The van der Waals surface area contributed by atoms with Crippen LogP contribution in [0.15, 0.2) is 12.1 Å². The molecule has 0 aliphatic carbocycles. The van der Waals surface area contributed by atoms with Crippen LogP contribution in [0.3, 0.4) is 0 Å². The van der Waals surface area contributed by atoms with Crippen LogP contribution in [0.5, 0.6) is 0 Å². The van der Waals surface area contributed by atoms with Gasteiger partial charge in [0.25, 0.3) is 0 Å². The van der Waals surface area contributed by atoms with Gasteiger partial charge in [0.1, 0.15) is 0 Å². The molecule has 1 aromatic heterocycles. The number of pyridine rings is 1. The van der Waals surface area contributed by atoms with Crippen molar-refractivity contribution in [1.82, 2.24) is 10.3 Å². The number of hydrogen-bond acceptors (Lipinski definition) is 3. The van der Waals surface area contributed by atoms with Crippen molar-refractivity contribution in [2.24, 2.45) is 0 Å². The standard InChI is InChI=1S/C10H12N2O2/c13-10(14)5-8-2-1-7-6-11-4-3-9(7)12-8/h1-2,11H,3-6H2,(H,13,14). The van der Waals surface area contributed by atoms with Gasteiger partial charge >= 0.3 is 5.97 Å². The molecule has 1 aliphatic rings. The largest absolute Gasteiger partial charge is 0.481 e. The molecule has 0 aromatic carbocycles. The molecule has 2 rings (SSSR count). The van der Waals surface area contributed by atoms with Gasteiger partial charge < -0.3 is 10.4 Å². The monoisotopic (exact) mass is 192 g/mol. The lowest BCUT2D eigenvalue weighted by molar-refractivity contribution is -0.136. The van der Waals surface area contributed by atoms with Gasteiger partial charge in [-0.05, 0) is 11.6 Å². The summed E-state index contributed by atoms with van der Waals surface area (Å²) in [5.74, 6) is -0.827. The Morgan fingerprint density at radius 1 is 1.57 bits per heavy atom. The van der Waals surface area contributed by atoms with E-state index in [-0.39, 0.29) is 6.42 Å². The van der Waals surface area contributed by atoms with Gasteiger partial charge in [-0.1, -0.05) is 6.07 Å². The van der Waals surface area contributed by atoms with Crippen molar-refractivity contribution < 1.29 is 9.90 Å². The molecule has 0 saturated carbocycles. The van der Waals surface area contributed by atoms with Crippen LogP contribution in [0, 0.1) is 0 Å². The number of nitrogens with one attached hydrogen (secondary N) is 1. The Bertz CT molecular complexity index is 363. The highest BCUT2D eigenvalue weighted by Gasteiger charge is 2.11. The number of fused-ring (bicyclic) bond motifs is 1. The Morgan fingerprint density at radius 3 is 3.21 bits per heavy atom. The summed E-state index contributed by atoms with van der Waals surface area (Å²) >= 11 is 0. The van der Waals surface area contributed by atoms with Gasteiger partial charge in [0.15, 0.2) is 0 Å². The van der Waals surface area contributed by atoms with E-state index in [9.17, 15) is 4.79 Å². The van der Waals surface area contributed by atoms with Crippen molar-refractivity contribution in [1.29, 1.82) is 0 Å². The van der Waals surface area contributed by atoms with Gasteiger partial charge in [0.05, 0.1) is 12.1 Å². The summed E-state index contributed by atoms with van der Waals surface area (Å²) in [6.07, 6.45) is 0.906. The first-order valence-corrected chi connectivity index (χ1v) is 4.66. The van der Waals surface area contributed by atoms with Crippen LogP contribution in [-0.4, -0.2) is 22.6 Å². The maximum absolute atomic E-state index is 10.5. The fourth-order valence-electron chi connectivity index (χ4n) is 1.64. The topological polar surface area (TPSA) is 62.2 Å². The molecule has 74 valence electrons. The zero-order valence-electron chi connectivity index (χ0n) is 7.79. The molecule has 4 nitrogen and oxygen atoms in total. The lowest BCUT2D eigenvalue weighted by Gasteiger charge is -2.16. The number of aliphatic carboxylic acids is 1. The maximum Gasteiger partial charge on any atom is 0.309 e. The number of carbonyl (C=O) groups is 1. The van der Waals surface area contributed by atoms with E-state index in [1.54, 1.807) is 6.07 Å². The highest BCUT2D eigenvalue weighted by atomic mass is 16.4. The summed E-state index contributed by atoms with van der Waals surface area (Å²) < 4.78 is 0. The second kappa shape index (κ2) is 3.75. The van der Waals surface area contributed by atoms with Crippen LogP contribution in [0.2, 0.25) is 0 Å². The molecular formula is C10H12N2O2. The molecule has 14 heavy (non-hydrogen) atoms. The van der Waals surface area contributed by atoms with Crippen LogP contribution < -0.4 is 5.32 Å². The number of hydrogen-bond donors (Lipinski definition) is 2. The number of rotatable bonds is 2. The number of aromatic nitrogens is 1. The number of carboxylic acids is 1. The van der Waals surface area contributed by atoms with E-state index in [2.05, 4.69) is 10.3 Å². The molecule has 4 heteroatoms. The molecule has 0 fully saturated rings. The molecule has 0 atom stereocenters.